The molecule has 0 aromatic rings. The van der Waals surface area contributed by atoms with Gasteiger partial charge in [0.1, 0.15) is 45.2 Å². The van der Waals surface area contributed by atoms with E-state index in [-0.39, 0.29) is 84.4 Å². The molecule has 3 atom stereocenters. The number of ether oxygens (including phenoxy) is 5. The molecular weight excluding hydrogens is 612 g/mol. The Bertz CT molecular complexity index is 321. The molecule has 2 aliphatic heterocycles. The van der Waals surface area contributed by atoms with Gasteiger partial charge in [0.25, 0.3) is 0 Å². The fourth-order valence-corrected chi connectivity index (χ4v) is 0.999. The summed E-state index contributed by atoms with van der Waals surface area (Å²) < 4.78 is 57.6. The van der Waals surface area contributed by atoms with Crippen LogP contribution in [-0.4, -0.2) is 119 Å². The van der Waals surface area contributed by atoms with E-state index in [9.17, 15) is 4.79 Å². The van der Waals surface area contributed by atoms with Gasteiger partial charge in [0.2, 0.25) is 0 Å². The summed E-state index contributed by atoms with van der Waals surface area (Å²) in [6.45, 7) is 2.72. The molecule has 2 aliphatic rings. The Morgan fingerprint density at radius 2 is 1.42 bits per heavy atom. The number of carbonyl (C=O) groups excluding carboxylic acids is 1. The number of methoxy groups -OCH3 is 3. The van der Waals surface area contributed by atoms with Gasteiger partial charge in [-0.25, -0.2) is 0 Å². The van der Waals surface area contributed by atoms with E-state index in [0.29, 0.717) is 24.4 Å². The molecule has 194 valence electrons. The molecule has 2 fully saturated rings. The summed E-state index contributed by atoms with van der Waals surface area (Å²) in [4.78, 5) is 9.28. The maximum atomic E-state index is 9.28. The van der Waals surface area contributed by atoms with E-state index >= 15 is 0 Å². The van der Waals surface area contributed by atoms with Gasteiger partial charge >= 0.3 is 59.1 Å². The zero-order valence-corrected chi connectivity index (χ0v) is 26.8. The second kappa shape index (κ2) is 41.3. The molecule has 0 aromatic carbocycles. The van der Waals surface area contributed by atoms with Crippen molar-refractivity contribution in [2.75, 3.05) is 74.0 Å². The zero-order valence-electron chi connectivity index (χ0n) is 19.9. The van der Waals surface area contributed by atoms with Crippen LogP contribution in [0, 0.1) is 0 Å². The van der Waals surface area contributed by atoms with Gasteiger partial charge in [-0.05, 0) is 0 Å². The topological polar surface area (TPSA) is 253 Å². The first-order valence-corrected chi connectivity index (χ1v) is 12.2. The molecule has 0 bridgehead atoms. The fourth-order valence-electron chi connectivity index (χ4n) is 0.820. The van der Waals surface area contributed by atoms with Crippen molar-refractivity contribution >= 4 is 17.9 Å². The molecule has 2 saturated heterocycles. The van der Waals surface area contributed by atoms with E-state index in [1.54, 1.807) is 7.11 Å². The maximum Gasteiger partial charge on any atom is 1.00 e. The molecular formula is C15H34ClINa2O14. The van der Waals surface area contributed by atoms with Crippen LogP contribution >= 0.6 is 11.6 Å². The van der Waals surface area contributed by atoms with E-state index in [1.807, 2.05) is 0 Å². The molecule has 2 heterocycles. The summed E-state index contributed by atoms with van der Waals surface area (Å²) in [6.07, 6.45) is 0.816. The van der Waals surface area contributed by atoms with Crippen molar-refractivity contribution < 1.29 is 142 Å². The molecule has 33 heavy (non-hydrogen) atoms. The molecule has 0 spiro atoms. The van der Waals surface area contributed by atoms with Crippen molar-refractivity contribution in [2.45, 2.75) is 18.3 Å². The smallest absolute Gasteiger partial charge is 0.870 e. The Labute approximate surface area is 250 Å². The van der Waals surface area contributed by atoms with E-state index in [1.165, 1.54) is 14.2 Å². The average Bonchev–Trinajstić information content (AvgIpc) is 3.59. The predicted octanol–water partition coefficient (Wildman–Crippen LogP) is -14.8. The third kappa shape index (κ3) is 86.9. The van der Waals surface area contributed by atoms with Gasteiger partial charge in [0.15, 0.2) is 0 Å². The van der Waals surface area contributed by atoms with Crippen molar-refractivity contribution in [2.24, 2.45) is 0 Å². The first kappa shape index (κ1) is 51.7. The minimum absolute atomic E-state index is 0. The summed E-state index contributed by atoms with van der Waals surface area (Å²) in [5, 5.41) is 23.6. The molecule has 0 amide bonds. The van der Waals surface area contributed by atoms with Crippen LogP contribution in [0.2, 0.25) is 0 Å². The fraction of sp³-hybridized carbons (Fsp3) is 0.933. The summed E-state index contributed by atoms with van der Waals surface area (Å²) in [5.74, 6) is 0.667. The first-order chi connectivity index (χ1) is 14.1. The summed E-state index contributed by atoms with van der Waals surface area (Å²) in [5.41, 5.74) is 0. The van der Waals surface area contributed by atoms with Gasteiger partial charge in [-0.3, -0.25) is 13.7 Å². The normalized spacial score (nSPS) is 16.8. The number of alkyl halides is 1. The number of halogens is 2. The Morgan fingerprint density at radius 1 is 1.03 bits per heavy atom. The number of hydrogen-bond acceptors (Lipinski definition) is 14. The van der Waals surface area contributed by atoms with Gasteiger partial charge in [-0.2, -0.15) is 0 Å². The maximum absolute atomic E-state index is 9.28. The van der Waals surface area contributed by atoms with E-state index in [2.05, 4.69) is 9.47 Å². The Hall–Kier alpha value is 2.17. The SMILES string of the molecule is CO.COCC(O)CO.COCC1CO1.COCC=O.ClCC1CO1.[Na+].[Na+].[O-][I+3]([O-])([O-])[O-].[OH-]. The number of hydrogen-bond donors (Lipinski definition) is 3. The van der Waals surface area contributed by atoms with E-state index < -0.39 is 26.2 Å². The van der Waals surface area contributed by atoms with Gasteiger partial charge < -0.3 is 49.3 Å². The molecule has 0 radical (unpaired) electrons. The number of aliphatic hydroxyl groups is 3. The second-order valence-electron chi connectivity index (χ2n) is 4.81. The minimum Gasteiger partial charge on any atom is -0.870 e. The van der Waals surface area contributed by atoms with Crippen LogP contribution in [0.3, 0.4) is 0 Å². The van der Waals surface area contributed by atoms with Gasteiger partial charge in [0, 0.05) is 28.4 Å². The second-order valence-corrected chi connectivity index (χ2v) is 7.28. The minimum atomic E-state index is -5.94. The number of aliphatic hydroxyl groups excluding tert-OH is 3. The number of aldehydes is 1. The van der Waals surface area contributed by atoms with Crippen LogP contribution < -0.4 is 93.0 Å². The Kier molecular flexibility index (Phi) is 64.8. The summed E-state index contributed by atoms with van der Waals surface area (Å²) in [7, 11) is 5.63. The van der Waals surface area contributed by atoms with Crippen molar-refractivity contribution in [1.82, 2.24) is 0 Å². The third-order valence-electron chi connectivity index (χ3n) is 2.13. The van der Waals surface area contributed by atoms with Crippen molar-refractivity contribution in [1.29, 1.82) is 0 Å². The Morgan fingerprint density at radius 3 is 1.48 bits per heavy atom. The van der Waals surface area contributed by atoms with Crippen LogP contribution in [0.5, 0.6) is 0 Å². The number of carbonyl (C=O) groups is 1. The molecule has 0 aromatic heterocycles. The monoisotopic (exact) mass is 646 g/mol. The first-order valence-electron chi connectivity index (χ1n) is 8.14. The molecule has 2 rings (SSSR count). The molecule has 3 unspecified atom stereocenters. The van der Waals surface area contributed by atoms with E-state index in [0.717, 1.165) is 26.9 Å². The van der Waals surface area contributed by atoms with Crippen LogP contribution in [0.15, 0.2) is 0 Å². The standard InChI is InChI=1S/C4H10O3.C4H8O2.C3H5ClO.C3H6O2.CH4O.IO4.2Na.H2O/c1-7-3-4(6)2-5;1-5-2-4-3-6-4;4-1-3-2-5-3;1-5-3-2-4;1-2;2-1(3,4)5;;;/h4-6H,2-3H2,1H3;4H,2-3H2,1H3;3H,1-2H2;2H,3H2,1H3;2H,1H3;;;;1H2/q;;;;;-1;2*+1;/p-1. The molecule has 14 nitrogen and oxygen atoms in total. The molecule has 4 N–H and O–H groups in total. The van der Waals surface area contributed by atoms with Crippen molar-refractivity contribution in [3.63, 3.8) is 0 Å². The molecule has 18 heteroatoms. The summed E-state index contributed by atoms with van der Waals surface area (Å²) in [6, 6.07) is 0. The number of epoxide rings is 2. The van der Waals surface area contributed by atoms with Crippen LogP contribution in [0.1, 0.15) is 0 Å². The van der Waals surface area contributed by atoms with Crippen LogP contribution in [0.4, 0.5) is 0 Å². The van der Waals surface area contributed by atoms with Crippen molar-refractivity contribution in [3.05, 3.63) is 0 Å². The molecule has 0 aliphatic carbocycles. The quantitative estimate of drug-likeness (QED) is 0.0728. The summed E-state index contributed by atoms with van der Waals surface area (Å²) >= 11 is -0.666. The van der Waals surface area contributed by atoms with Gasteiger partial charge in [-0.15, -0.1) is 11.6 Å². The van der Waals surface area contributed by atoms with E-state index in [4.69, 9.17) is 54.9 Å². The van der Waals surface area contributed by atoms with Crippen LogP contribution in [0.25, 0.3) is 0 Å². The van der Waals surface area contributed by atoms with Gasteiger partial charge in [-0.1, -0.05) is 0 Å². The van der Waals surface area contributed by atoms with Crippen molar-refractivity contribution in [3.8, 4) is 0 Å². The average molecular weight is 647 g/mol. The zero-order chi connectivity index (χ0) is 24.4. The molecule has 0 saturated carbocycles. The van der Waals surface area contributed by atoms with Gasteiger partial charge in [0.05, 0.1) is 45.0 Å². The third-order valence-corrected chi connectivity index (χ3v) is 2.48. The largest absolute Gasteiger partial charge is 1.00 e. The number of rotatable bonds is 8. The predicted molar refractivity (Wildman–Crippen MR) is 95.1 cm³/mol. The van der Waals surface area contributed by atoms with Crippen LogP contribution in [-0.2, 0) is 28.5 Å². The Balaban J connectivity index is -0.0000000494.